The van der Waals surface area contributed by atoms with Crippen molar-refractivity contribution in [1.29, 1.82) is 0 Å². The van der Waals surface area contributed by atoms with Crippen LogP contribution in [0.25, 0.3) is 34.2 Å². The Hall–Kier alpha value is -2.06. The van der Waals surface area contributed by atoms with Gasteiger partial charge in [0.1, 0.15) is 11.3 Å². The van der Waals surface area contributed by atoms with E-state index in [1.165, 1.54) is 0 Å². The van der Waals surface area contributed by atoms with Gasteiger partial charge in [-0.15, -0.1) is 0 Å². The summed E-state index contributed by atoms with van der Waals surface area (Å²) in [5, 5.41) is 1.09. The predicted octanol–water partition coefficient (Wildman–Crippen LogP) is 7.56. The quantitative estimate of drug-likeness (QED) is 0.464. The molecule has 0 radical (unpaired) electrons. The highest BCUT2D eigenvalue weighted by Gasteiger charge is 2.13. The summed E-state index contributed by atoms with van der Waals surface area (Å²) in [7, 11) is 0. The van der Waals surface area contributed by atoms with E-state index in [0.29, 0.717) is 0 Å². The molecule has 0 aliphatic carbocycles. The number of furan rings is 1. The Labute approximate surface area is 146 Å². The van der Waals surface area contributed by atoms with Crippen molar-refractivity contribution < 1.29 is 4.42 Å². The van der Waals surface area contributed by atoms with E-state index < -0.39 is 0 Å². The maximum absolute atomic E-state index is 6.08. The minimum absolute atomic E-state index is 0.852. The third-order valence-corrected chi connectivity index (χ3v) is 3.93. The number of halogens is 1. The molecule has 23 heavy (non-hydrogen) atoms. The third kappa shape index (κ3) is 3.48. The zero-order valence-corrected chi connectivity index (χ0v) is 15.4. The summed E-state index contributed by atoms with van der Waals surface area (Å²) in [6.45, 7) is 9.89. The van der Waals surface area contributed by atoms with Gasteiger partial charge in [-0.3, -0.25) is 0 Å². The SMILES string of the molecule is C=Cc1c(/C=C\C)oc2c(-c3cccc(Br)c3)cccc12.CC. The van der Waals surface area contributed by atoms with Gasteiger partial charge in [0, 0.05) is 21.0 Å². The summed E-state index contributed by atoms with van der Waals surface area (Å²) >= 11 is 3.52. The minimum atomic E-state index is 0.852. The van der Waals surface area contributed by atoms with Gasteiger partial charge in [0.25, 0.3) is 0 Å². The van der Waals surface area contributed by atoms with E-state index >= 15 is 0 Å². The minimum Gasteiger partial charge on any atom is -0.455 e. The van der Waals surface area contributed by atoms with Crippen molar-refractivity contribution in [1.82, 2.24) is 0 Å². The van der Waals surface area contributed by atoms with E-state index in [4.69, 9.17) is 4.42 Å². The fourth-order valence-corrected chi connectivity index (χ4v) is 2.93. The van der Waals surface area contributed by atoms with Gasteiger partial charge in [-0.25, -0.2) is 0 Å². The van der Waals surface area contributed by atoms with Crippen LogP contribution >= 0.6 is 15.9 Å². The average Bonchev–Trinajstić information content (AvgIpc) is 2.94. The molecule has 0 aliphatic heterocycles. The molecule has 0 spiro atoms. The molecule has 0 fully saturated rings. The van der Waals surface area contributed by atoms with Crippen LogP contribution in [0.1, 0.15) is 32.1 Å². The highest BCUT2D eigenvalue weighted by Crippen LogP contribution is 2.35. The Morgan fingerprint density at radius 3 is 2.48 bits per heavy atom. The molecule has 1 nitrogen and oxygen atoms in total. The van der Waals surface area contributed by atoms with E-state index in [9.17, 15) is 0 Å². The molecule has 0 saturated heterocycles. The third-order valence-electron chi connectivity index (χ3n) is 3.44. The number of para-hydroxylation sites is 1. The van der Waals surface area contributed by atoms with Crippen molar-refractivity contribution in [2.24, 2.45) is 0 Å². The van der Waals surface area contributed by atoms with Crippen LogP contribution in [-0.2, 0) is 0 Å². The molecule has 2 aromatic carbocycles. The molecule has 0 amide bonds. The van der Waals surface area contributed by atoms with Crippen molar-refractivity contribution >= 4 is 39.1 Å². The van der Waals surface area contributed by atoms with E-state index in [1.54, 1.807) is 0 Å². The van der Waals surface area contributed by atoms with Gasteiger partial charge in [-0.2, -0.15) is 0 Å². The first-order chi connectivity index (χ1) is 11.2. The largest absolute Gasteiger partial charge is 0.455 e. The monoisotopic (exact) mass is 368 g/mol. The normalized spacial score (nSPS) is 10.6. The fourth-order valence-electron chi connectivity index (χ4n) is 2.53. The molecular formula is C21H21BrO. The van der Waals surface area contributed by atoms with E-state index in [0.717, 1.165) is 37.9 Å². The average molecular weight is 369 g/mol. The van der Waals surface area contributed by atoms with Gasteiger partial charge in [-0.1, -0.05) is 78.8 Å². The predicted molar refractivity (Wildman–Crippen MR) is 105 cm³/mol. The number of fused-ring (bicyclic) bond motifs is 1. The molecule has 1 heterocycles. The Kier molecular flexibility index (Phi) is 6.00. The van der Waals surface area contributed by atoms with Gasteiger partial charge < -0.3 is 4.42 Å². The van der Waals surface area contributed by atoms with Crippen molar-refractivity contribution in [3.8, 4) is 11.1 Å². The van der Waals surface area contributed by atoms with Crippen LogP contribution in [0, 0.1) is 0 Å². The first-order valence-electron chi connectivity index (χ1n) is 7.81. The second-order valence-corrected chi connectivity index (χ2v) is 5.69. The standard InChI is InChI=1S/C19H15BrO.C2H6/c1-3-7-18-15(4-2)17-11-6-10-16(19(17)21-18)13-8-5-9-14(20)12-13;1-2/h3-12H,2H2,1H3;1-2H3/b7-3-;. The van der Waals surface area contributed by atoms with Crippen molar-refractivity contribution in [2.75, 3.05) is 0 Å². The lowest BCUT2D eigenvalue weighted by molar-refractivity contribution is 0.604. The lowest BCUT2D eigenvalue weighted by Crippen LogP contribution is -1.79. The van der Waals surface area contributed by atoms with Crippen molar-refractivity contribution in [3.63, 3.8) is 0 Å². The number of hydrogen-bond donors (Lipinski definition) is 0. The maximum Gasteiger partial charge on any atom is 0.143 e. The zero-order valence-electron chi connectivity index (χ0n) is 13.8. The Bertz CT molecular complexity index is 840. The molecule has 3 rings (SSSR count). The summed E-state index contributed by atoms with van der Waals surface area (Å²) in [6, 6.07) is 14.4. The molecule has 0 bridgehead atoms. The molecule has 1 aromatic heterocycles. The highest BCUT2D eigenvalue weighted by molar-refractivity contribution is 9.10. The van der Waals surface area contributed by atoms with Crippen molar-refractivity contribution in [3.05, 3.63) is 70.9 Å². The van der Waals surface area contributed by atoms with E-state index in [2.05, 4.69) is 52.8 Å². The summed E-state index contributed by atoms with van der Waals surface area (Å²) in [4.78, 5) is 0. The topological polar surface area (TPSA) is 13.1 Å². The zero-order chi connectivity index (χ0) is 16.8. The van der Waals surface area contributed by atoms with Crippen LogP contribution in [0.4, 0.5) is 0 Å². The summed E-state index contributed by atoms with van der Waals surface area (Å²) < 4.78 is 7.14. The van der Waals surface area contributed by atoms with Crippen LogP contribution in [0.3, 0.4) is 0 Å². The first kappa shape index (κ1) is 17.3. The molecular weight excluding hydrogens is 348 g/mol. The van der Waals surface area contributed by atoms with Crippen LogP contribution in [0.15, 0.2) is 64.0 Å². The summed E-state index contributed by atoms with van der Waals surface area (Å²) in [5.74, 6) is 0.852. The maximum atomic E-state index is 6.08. The van der Waals surface area contributed by atoms with Gasteiger partial charge >= 0.3 is 0 Å². The molecule has 0 atom stereocenters. The molecule has 2 heteroatoms. The molecule has 118 valence electrons. The van der Waals surface area contributed by atoms with E-state index in [1.807, 2.05) is 51.1 Å². The number of rotatable bonds is 3. The molecule has 3 aromatic rings. The second-order valence-electron chi connectivity index (χ2n) is 4.78. The van der Waals surface area contributed by atoms with Crippen LogP contribution in [0.2, 0.25) is 0 Å². The number of benzene rings is 2. The van der Waals surface area contributed by atoms with Crippen LogP contribution < -0.4 is 0 Å². The Morgan fingerprint density at radius 2 is 1.83 bits per heavy atom. The molecule has 0 N–H and O–H groups in total. The van der Waals surface area contributed by atoms with E-state index in [-0.39, 0.29) is 0 Å². The Morgan fingerprint density at radius 1 is 1.09 bits per heavy atom. The molecule has 0 unspecified atom stereocenters. The molecule has 0 aliphatic rings. The smallest absolute Gasteiger partial charge is 0.143 e. The van der Waals surface area contributed by atoms with Crippen LogP contribution in [0.5, 0.6) is 0 Å². The molecule has 0 saturated carbocycles. The summed E-state index contributed by atoms with van der Waals surface area (Å²) in [6.07, 6.45) is 5.80. The van der Waals surface area contributed by atoms with Gasteiger partial charge in [0.15, 0.2) is 0 Å². The number of allylic oxidation sites excluding steroid dienone is 1. The summed E-state index contributed by atoms with van der Waals surface area (Å²) in [5.41, 5.74) is 4.16. The first-order valence-corrected chi connectivity index (χ1v) is 8.60. The van der Waals surface area contributed by atoms with Gasteiger partial charge in [0.2, 0.25) is 0 Å². The second kappa shape index (κ2) is 7.98. The lowest BCUT2D eigenvalue weighted by atomic mass is 10.0. The number of hydrogen-bond acceptors (Lipinski definition) is 1. The van der Waals surface area contributed by atoms with Gasteiger partial charge in [0.05, 0.1) is 0 Å². The lowest BCUT2D eigenvalue weighted by Gasteiger charge is -2.03. The fraction of sp³-hybridized carbons (Fsp3) is 0.143. The van der Waals surface area contributed by atoms with Crippen LogP contribution in [-0.4, -0.2) is 0 Å². The highest BCUT2D eigenvalue weighted by atomic mass is 79.9. The Balaban J connectivity index is 0.000000924. The van der Waals surface area contributed by atoms with Gasteiger partial charge in [-0.05, 0) is 30.7 Å². The van der Waals surface area contributed by atoms with Crippen molar-refractivity contribution in [2.45, 2.75) is 20.8 Å².